The smallest absolute Gasteiger partial charge is 0.140 e. The van der Waals surface area contributed by atoms with Crippen LogP contribution in [0.25, 0.3) is 0 Å². The molecule has 94 valence electrons. The Morgan fingerprint density at radius 1 is 1.12 bits per heavy atom. The first kappa shape index (κ1) is 13.9. The van der Waals surface area contributed by atoms with Crippen LogP contribution in [0.4, 0.5) is 0 Å². The van der Waals surface area contributed by atoms with Crippen molar-refractivity contribution in [1.82, 2.24) is 0 Å². The average molecular weight is 233 g/mol. The van der Waals surface area contributed by atoms with E-state index in [9.17, 15) is 4.79 Å². The van der Waals surface area contributed by atoms with Crippen LogP contribution in [0.1, 0.15) is 39.7 Å². The molecular formula is C15H23NO. The van der Waals surface area contributed by atoms with Crippen molar-refractivity contribution in [3.05, 3.63) is 35.9 Å². The number of nitrogens with two attached hydrogens (primary N) is 1. The van der Waals surface area contributed by atoms with Gasteiger partial charge in [-0.2, -0.15) is 0 Å². The van der Waals surface area contributed by atoms with Gasteiger partial charge in [-0.15, -0.1) is 0 Å². The lowest BCUT2D eigenvalue weighted by Crippen LogP contribution is -2.51. The molecule has 0 atom stereocenters. The Bertz CT molecular complexity index is 374. The number of aryl methyl sites for hydroxylation is 1. The van der Waals surface area contributed by atoms with Gasteiger partial charge >= 0.3 is 0 Å². The maximum atomic E-state index is 12.2. The summed E-state index contributed by atoms with van der Waals surface area (Å²) in [6.07, 6.45) is 1.34. The summed E-state index contributed by atoms with van der Waals surface area (Å²) < 4.78 is 0. The first-order valence-corrected chi connectivity index (χ1v) is 6.11. The van der Waals surface area contributed by atoms with Crippen LogP contribution in [0.2, 0.25) is 0 Å². The number of carbonyl (C=O) groups is 1. The summed E-state index contributed by atoms with van der Waals surface area (Å²) in [6.45, 7) is 7.68. The van der Waals surface area contributed by atoms with Gasteiger partial charge in [-0.3, -0.25) is 4.79 Å². The summed E-state index contributed by atoms with van der Waals surface area (Å²) in [5.74, 6) is 0.230. The predicted octanol–water partition coefficient (Wildman–Crippen LogP) is 2.95. The SMILES string of the molecule is CC(C)(N)C(C)(C)C(=O)CCc1ccccc1. The van der Waals surface area contributed by atoms with Gasteiger partial charge in [0.1, 0.15) is 5.78 Å². The second-order valence-electron chi connectivity index (χ2n) is 5.76. The molecule has 2 heteroatoms. The van der Waals surface area contributed by atoms with Gasteiger partial charge in [-0.05, 0) is 25.8 Å². The van der Waals surface area contributed by atoms with Crippen LogP contribution in [-0.4, -0.2) is 11.3 Å². The third-order valence-corrected chi connectivity index (χ3v) is 3.79. The first-order valence-electron chi connectivity index (χ1n) is 6.11. The zero-order chi connectivity index (χ0) is 13.1. The van der Waals surface area contributed by atoms with E-state index in [1.165, 1.54) is 5.56 Å². The highest BCUT2D eigenvalue weighted by atomic mass is 16.1. The van der Waals surface area contributed by atoms with Gasteiger partial charge in [-0.25, -0.2) is 0 Å². The minimum atomic E-state index is -0.485. The van der Waals surface area contributed by atoms with E-state index in [4.69, 9.17) is 5.73 Å². The molecule has 0 radical (unpaired) electrons. The van der Waals surface area contributed by atoms with Gasteiger partial charge in [0, 0.05) is 17.4 Å². The second-order valence-corrected chi connectivity index (χ2v) is 5.76. The number of carbonyl (C=O) groups excluding carboxylic acids is 1. The van der Waals surface area contributed by atoms with Crippen LogP contribution in [0.15, 0.2) is 30.3 Å². The fourth-order valence-corrected chi connectivity index (χ4v) is 1.57. The molecule has 0 heterocycles. The Morgan fingerprint density at radius 2 is 1.65 bits per heavy atom. The molecule has 2 N–H and O–H groups in total. The molecule has 17 heavy (non-hydrogen) atoms. The lowest BCUT2D eigenvalue weighted by Gasteiger charge is -2.37. The summed E-state index contributed by atoms with van der Waals surface area (Å²) in [7, 11) is 0. The Balaban J connectivity index is 2.62. The molecule has 0 unspecified atom stereocenters. The number of hydrogen-bond acceptors (Lipinski definition) is 2. The number of benzene rings is 1. The van der Waals surface area contributed by atoms with E-state index in [0.29, 0.717) is 6.42 Å². The molecule has 0 saturated heterocycles. The molecule has 0 amide bonds. The standard InChI is InChI=1S/C15H23NO/c1-14(2,15(3,4)16)13(17)11-10-12-8-6-5-7-9-12/h5-9H,10-11,16H2,1-4H3. The molecule has 1 rings (SSSR count). The minimum Gasteiger partial charge on any atom is -0.325 e. The molecule has 0 fully saturated rings. The number of Topliss-reactive ketones (excluding diaryl/α,β-unsaturated/α-hetero) is 1. The van der Waals surface area contributed by atoms with Crippen LogP contribution < -0.4 is 5.73 Å². The van der Waals surface area contributed by atoms with Crippen molar-refractivity contribution < 1.29 is 4.79 Å². The Labute approximate surface area is 104 Å². The molecule has 0 aromatic heterocycles. The predicted molar refractivity (Wildman–Crippen MR) is 71.8 cm³/mol. The molecule has 0 bridgehead atoms. The Hall–Kier alpha value is -1.15. The third-order valence-electron chi connectivity index (χ3n) is 3.79. The fraction of sp³-hybridized carbons (Fsp3) is 0.533. The van der Waals surface area contributed by atoms with Crippen LogP contribution in [0.5, 0.6) is 0 Å². The van der Waals surface area contributed by atoms with E-state index in [-0.39, 0.29) is 5.78 Å². The summed E-state index contributed by atoms with van der Waals surface area (Å²) in [5, 5.41) is 0. The molecule has 0 aliphatic rings. The molecular weight excluding hydrogens is 210 g/mol. The molecule has 1 aromatic rings. The minimum absolute atomic E-state index is 0.230. The van der Waals surface area contributed by atoms with Crippen LogP contribution in [-0.2, 0) is 11.2 Å². The quantitative estimate of drug-likeness (QED) is 0.849. The van der Waals surface area contributed by atoms with Gasteiger partial charge in [0.05, 0.1) is 0 Å². The highest BCUT2D eigenvalue weighted by Gasteiger charge is 2.39. The van der Waals surface area contributed by atoms with Crippen LogP contribution in [0.3, 0.4) is 0 Å². The Kier molecular flexibility index (Phi) is 4.10. The second kappa shape index (κ2) is 5.01. The number of ketones is 1. The fourth-order valence-electron chi connectivity index (χ4n) is 1.57. The van der Waals surface area contributed by atoms with Gasteiger partial charge in [0.2, 0.25) is 0 Å². The number of hydrogen-bond donors (Lipinski definition) is 1. The van der Waals surface area contributed by atoms with E-state index < -0.39 is 11.0 Å². The van der Waals surface area contributed by atoms with E-state index in [2.05, 4.69) is 0 Å². The Morgan fingerprint density at radius 3 is 2.12 bits per heavy atom. The van der Waals surface area contributed by atoms with Gasteiger partial charge < -0.3 is 5.73 Å². The largest absolute Gasteiger partial charge is 0.325 e. The maximum absolute atomic E-state index is 12.2. The van der Waals surface area contributed by atoms with Gasteiger partial charge in [-0.1, -0.05) is 44.2 Å². The van der Waals surface area contributed by atoms with E-state index in [1.807, 2.05) is 58.0 Å². The molecule has 0 saturated carbocycles. The lowest BCUT2D eigenvalue weighted by atomic mass is 9.71. The van der Waals surface area contributed by atoms with Crippen molar-refractivity contribution in [3.8, 4) is 0 Å². The third kappa shape index (κ3) is 3.40. The summed E-state index contributed by atoms with van der Waals surface area (Å²) in [6, 6.07) is 10.1. The zero-order valence-corrected chi connectivity index (χ0v) is 11.3. The van der Waals surface area contributed by atoms with Crippen molar-refractivity contribution in [2.45, 2.75) is 46.1 Å². The zero-order valence-electron chi connectivity index (χ0n) is 11.3. The lowest BCUT2D eigenvalue weighted by molar-refractivity contribution is -0.129. The van der Waals surface area contributed by atoms with Crippen molar-refractivity contribution in [1.29, 1.82) is 0 Å². The highest BCUT2D eigenvalue weighted by Crippen LogP contribution is 2.30. The summed E-state index contributed by atoms with van der Waals surface area (Å²) in [5.41, 5.74) is 6.29. The van der Waals surface area contributed by atoms with Crippen LogP contribution >= 0.6 is 0 Å². The maximum Gasteiger partial charge on any atom is 0.140 e. The molecule has 0 spiro atoms. The molecule has 2 nitrogen and oxygen atoms in total. The average Bonchev–Trinajstić information content (AvgIpc) is 2.25. The summed E-state index contributed by atoms with van der Waals surface area (Å²) in [4.78, 5) is 12.2. The van der Waals surface area contributed by atoms with Crippen molar-refractivity contribution >= 4 is 5.78 Å². The van der Waals surface area contributed by atoms with Crippen LogP contribution in [0, 0.1) is 5.41 Å². The topological polar surface area (TPSA) is 43.1 Å². The molecule has 0 aliphatic carbocycles. The van der Waals surface area contributed by atoms with E-state index >= 15 is 0 Å². The monoisotopic (exact) mass is 233 g/mol. The highest BCUT2D eigenvalue weighted by molar-refractivity contribution is 5.85. The van der Waals surface area contributed by atoms with Crippen molar-refractivity contribution in [2.24, 2.45) is 11.1 Å². The van der Waals surface area contributed by atoms with Crippen molar-refractivity contribution in [3.63, 3.8) is 0 Å². The number of rotatable bonds is 5. The normalized spacial score (nSPS) is 12.5. The molecule has 0 aliphatic heterocycles. The van der Waals surface area contributed by atoms with Crippen molar-refractivity contribution in [2.75, 3.05) is 0 Å². The van der Waals surface area contributed by atoms with E-state index in [0.717, 1.165) is 6.42 Å². The van der Waals surface area contributed by atoms with Gasteiger partial charge in [0.15, 0.2) is 0 Å². The van der Waals surface area contributed by atoms with Gasteiger partial charge in [0.25, 0.3) is 0 Å². The first-order chi connectivity index (χ1) is 7.75. The summed E-state index contributed by atoms with van der Waals surface area (Å²) >= 11 is 0. The van der Waals surface area contributed by atoms with E-state index in [1.54, 1.807) is 0 Å². The molecule has 1 aromatic carbocycles.